The Morgan fingerprint density at radius 2 is 1.94 bits per heavy atom. The van der Waals surface area contributed by atoms with Gasteiger partial charge in [-0.3, -0.25) is 9.78 Å². The molecule has 164 valence electrons. The van der Waals surface area contributed by atoms with Crippen LogP contribution in [0.4, 0.5) is 5.82 Å². The summed E-state index contributed by atoms with van der Waals surface area (Å²) in [4.78, 5) is 20.7. The first kappa shape index (κ1) is 21.7. The molecule has 2 aliphatic rings. The van der Waals surface area contributed by atoms with Crippen LogP contribution in [-0.4, -0.2) is 42.3 Å². The van der Waals surface area contributed by atoms with Crippen LogP contribution in [0.1, 0.15) is 50.4 Å². The minimum absolute atomic E-state index is 0.121. The summed E-state index contributed by atoms with van der Waals surface area (Å²) >= 11 is 0. The van der Waals surface area contributed by atoms with E-state index in [1.54, 1.807) is 0 Å². The van der Waals surface area contributed by atoms with Gasteiger partial charge in [0.05, 0.1) is 12.3 Å². The smallest absolute Gasteiger partial charge is 0.222 e. The van der Waals surface area contributed by atoms with E-state index in [1.807, 2.05) is 18.3 Å². The van der Waals surface area contributed by atoms with Crippen molar-refractivity contribution >= 4 is 17.8 Å². The SMILES string of the molecule is CC(=O)Nc1ccc(-c2cc(/C=C3/CCCOCC3)nc(CC3CCOCC3)c2)cn1. The van der Waals surface area contributed by atoms with E-state index in [1.165, 1.54) is 12.5 Å². The molecule has 0 saturated carbocycles. The number of carbonyl (C=O) groups excluding carboxylic acids is 1. The molecule has 4 heterocycles. The van der Waals surface area contributed by atoms with E-state index < -0.39 is 0 Å². The molecule has 2 aromatic rings. The number of anilines is 1. The number of hydrogen-bond acceptors (Lipinski definition) is 5. The zero-order valence-electron chi connectivity index (χ0n) is 18.2. The first-order chi connectivity index (χ1) is 15.2. The van der Waals surface area contributed by atoms with Crippen LogP contribution >= 0.6 is 0 Å². The highest BCUT2D eigenvalue weighted by Gasteiger charge is 2.16. The van der Waals surface area contributed by atoms with Gasteiger partial charge in [-0.05, 0) is 80.3 Å². The fraction of sp³-hybridized carbons (Fsp3) is 0.480. The highest BCUT2D eigenvalue weighted by Crippen LogP contribution is 2.27. The van der Waals surface area contributed by atoms with Crippen LogP contribution < -0.4 is 5.32 Å². The molecule has 1 N–H and O–H groups in total. The van der Waals surface area contributed by atoms with Crippen LogP contribution in [0.5, 0.6) is 0 Å². The van der Waals surface area contributed by atoms with Crippen LogP contribution in [0.3, 0.4) is 0 Å². The Bertz CT molecular complexity index is 908. The van der Waals surface area contributed by atoms with Gasteiger partial charge in [0.15, 0.2) is 0 Å². The van der Waals surface area contributed by atoms with Gasteiger partial charge in [0, 0.05) is 44.2 Å². The molecular weight excluding hydrogens is 390 g/mol. The lowest BCUT2D eigenvalue weighted by molar-refractivity contribution is -0.114. The van der Waals surface area contributed by atoms with E-state index in [0.29, 0.717) is 11.7 Å². The van der Waals surface area contributed by atoms with Gasteiger partial charge in [0.25, 0.3) is 0 Å². The summed E-state index contributed by atoms with van der Waals surface area (Å²) in [5.74, 6) is 1.06. The number of nitrogens with zero attached hydrogens (tertiary/aromatic N) is 2. The largest absolute Gasteiger partial charge is 0.381 e. The minimum Gasteiger partial charge on any atom is -0.381 e. The summed E-state index contributed by atoms with van der Waals surface area (Å²) in [7, 11) is 0. The Labute approximate surface area is 184 Å². The van der Waals surface area contributed by atoms with E-state index in [2.05, 4.69) is 28.5 Å². The van der Waals surface area contributed by atoms with Crippen molar-refractivity contribution in [2.45, 2.75) is 45.4 Å². The molecule has 1 amide bonds. The average molecular weight is 422 g/mol. The first-order valence-corrected chi connectivity index (χ1v) is 11.3. The summed E-state index contributed by atoms with van der Waals surface area (Å²) in [6, 6.07) is 8.17. The highest BCUT2D eigenvalue weighted by atomic mass is 16.5. The van der Waals surface area contributed by atoms with Crippen LogP contribution in [-0.2, 0) is 20.7 Å². The zero-order valence-corrected chi connectivity index (χ0v) is 18.2. The summed E-state index contributed by atoms with van der Waals surface area (Å²) in [6.07, 6.45) is 10.3. The number of amides is 1. The van der Waals surface area contributed by atoms with E-state index in [9.17, 15) is 4.79 Å². The van der Waals surface area contributed by atoms with Gasteiger partial charge in [-0.2, -0.15) is 0 Å². The lowest BCUT2D eigenvalue weighted by atomic mass is 9.93. The van der Waals surface area contributed by atoms with Gasteiger partial charge in [-0.25, -0.2) is 4.98 Å². The summed E-state index contributed by atoms with van der Waals surface area (Å²) in [5, 5.41) is 2.72. The molecule has 0 spiro atoms. The molecule has 2 aliphatic heterocycles. The number of hydrogen-bond donors (Lipinski definition) is 1. The monoisotopic (exact) mass is 421 g/mol. The van der Waals surface area contributed by atoms with E-state index >= 15 is 0 Å². The molecule has 6 nitrogen and oxygen atoms in total. The van der Waals surface area contributed by atoms with Crippen molar-refractivity contribution in [3.8, 4) is 11.1 Å². The normalized spacial score (nSPS) is 19.2. The molecule has 2 fully saturated rings. The van der Waals surface area contributed by atoms with Crippen molar-refractivity contribution in [1.29, 1.82) is 0 Å². The van der Waals surface area contributed by atoms with Crippen molar-refractivity contribution in [3.63, 3.8) is 0 Å². The Balaban J connectivity index is 1.63. The van der Waals surface area contributed by atoms with Gasteiger partial charge >= 0.3 is 0 Å². The standard InChI is InChI=1S/C25H31N3O3/c1-18(29)27-25-5-4-21(17-26-25)22-15-23(13-19-3-2-9-30-10-6-19)28-24(16-22)14-20-7-11-31-12-8-20/h4-5,13,15-17,20H,2-3,6-12,14H2,1H3,(H,26,27,29)/b19-13-. The fourth-order valence-electron chi connectivity index (χ4n) is 4.21. The molecular formula is C25H31N3O3. The predicted octanol–water partition coefficient (Wildman–Crippen LogP) is 4.66. The maximum Gasteiger partial charge on any atom is 0.222 e. The molecule has 0 unspecified atom stereocenters. The van der Waals surface area contributed by atoms with E-state index in [4.69, 9.17) is 14.5 Å². The Kier molecular flexibility index (Phi) is 7.43. The van der Waals surface area contributed by atoms with Crippen molar-refractivity contribution in [2.24, 2.45) is 5.92 Å². The second kappa shape index (κ2) is 10.6. The van der Waals surface area contributed by atoms with Crippen LogP contribution in [0.15, 0.2) is 36.0 Å². The molecule has 6 heteroatoms. The Morgan fingerprint density at radius 3 is 2.71 bits per heavy atom. The molecule has 0 aliphatic carbocycles. The second-order valence-electron chi connectivity index (χ2n) is 8.41. The predicted molar refractivity (Wildman–Crippen MR) is 122 cm³/mol. The number of carbonyl (C=O) groups is 1. The summed E-state index contributed by atoms with van der Waals surface area (Å²) in [6.45, 7) is 4.80. The minimum atomic E-state index is -0.121. The molecule has 0 bridgehead atoms. The third kappa shape index (κ3) is 6.45. The van der Waals surface area contributed by atoms with Gasteiger partial charge in [0.1, 0.15) is 5.82 Å². The van der Waals surface area contributed by atoms with Crippen molar-refractivity contribution in [2.75, 3.05) is 31.7 Å². The Morgan fingerprint density at radius 1 is 1.10 bits per heavy atom. The quantitative estimate of drug-likeness (QED) is 0.760. The number of pyridine rings is 2. The Hall–Kier alpha value is -2.57. The van der Waals surface area contributed by atoms with Crippen molar-refractivity contribution in [3.05, 3.63) is 47.4 Å². The number of aromatic nitrogens is 2. The van der Waals surface area contributed by atoms with Crippen molar-refractivity contribution in [1.82, 2.24) is 9.97 Å². The number of rotatable bonds is 5. The van der Waals surface area contributed by atoms with Crippen LogP contribution in [0.25, 0.3) is 17.2 Å². The fourth-order valence-corrected chi connectivity index (χ4v) is 4.21. The molecule has 4 rings (SSSR count). The highest BCUT2D eigenvalue weighted by molar-refractivity contribution is 5.87. The lowest BCUT2D eigenvalue weighted by Gasteiger charge is -2.22. The third-order valence-electron chi connectivity index (χ3n) is 5.84. The summed E-state index contributed by atoms with van der Waals surface area (Å²) < 4.78 is 11.1. The first-order valence-electron chi connectivity index (χ1n) is 11.3. The van der Waals surface area contributed by atoms with Gasteiger partial charge in [0.2, 0.25) is 5.91 Å². The lowest BCUT2D eigenvalue weighted by Crippen LogP contribution is -2.18. The molecule has 0 radical (unpaired) electrons. The maximum absolute atomic E-state index is 11.3. The van der Waals surface area contributed by atoms with E-state index in [0.717, 1.165) is 87.5 Å². The second-order valence-corrected chi connectivity index (χ2v) is 8.41. The van der Waals surface area contributed by atoms with Gasteiger partial charge in [-0.1, -0.05) is 5.57 Å². The molecule has 2 aromatic heterocycles. The molecule has 31 heavy (non-hydrogen) atoms. The van der Waals surface area contributed by atoms with Gasteiger partial charge < -0.3 is 14.8 Å². The third-order valence-corrected chi connectivity index (χ3v) is 5.84. The maximum atomic E-state index is 11.3. The molecule has 2 saturated heterocycles. The average Bonchev–Trinajstić information content (AvgIpc) is 3.03. The number of ether oxygens (including phenoxy) is 2. The van der Waals surface area contributed by atoms with Gasteiger partial charge in [-0.15, -0.1) is 0 Å². The van der Waals surface area contributed by atoms with Crippen LogP contribution in [0.2, 0.25) is 0 Å². The summed E-state index contributed by atoms with van der Waals surface area (Å²) in [5.41, 5.74) is 5.65. The molecule has 0 aromatic carbocycles. The van der Waals surface area contributed by atoms with Crippen molar-refractivity contribution < 1.29 is 14.3 Å². The zero-order chi connectivity index (χ0) is 21.5. The van der Waals surface area contributed by atoms with E-state index in [-0.39, 0.29) is 5.91 Å². The van der Waals surface area contributed by atoms with Crippen LogP contribution in [0, 0.1) is 5.92 Å². The number of nitrogens with one attached hydrogen (secondary N) is 1. The molecule has 0 atom stereocenters. The topological polar surface area (TPSA) is 73.3 Å².